The summed E-state index contributed by atoms with van der Waals surface area (Å²) in [5.41, 5.74) is 0.592. The average Bonchev–Trinajstić information content (AvgIpc) is 2.27. The Morgan fingerprint density at radius 1 is 1.44 bits per heavy atom. The zero-order chi connectivity index (χ0) is 12.1. The van der Waals surface area contributed by atoms with Gasteiger partial charge in [0, 0.05) is 7.05 Å². The van der Waals surface area contributed by atoms with Gasteiger partial charge in [0.15, 0.2) is 0 Å². The predicted octanol–water partition coefficient (Wildman–Crippen LogP) is 0.978. The molecule has 0 heterocycles. The number of anilines is 1. The van der Waals surface area contributed by atoms with Gasteiger partial charge < -0.3 is 4.74 Å². The highest BCUT2D eigenvalue weighted by molar-refractivity contribution is 7.74. The number of rotatable bonds is 4. The van der Waals surface area contributed by atoms with Crippen LogP contribution < -0.4 is 5.06 Å². The molecular weight excluding hydrogens is 234 g/mol. The lowest BCUT2D eigenvalue weighted by Gasteiger charge is -2.17. The number of hydroxylamine groups is 1. The van der Waals surface area contributed by atoms with Crippen molar-refractivity contribution in [3.63, 3.8) is 0 Å². The van der Waals surface area contributed by atoms with Gasteiger partial charge in [-0.15, -0.1) is 4.28 Å². The Labute approximate surface area is 95.2 Å². The highest BCUT2D eigenvalue weighted by Crippen LogP contribution is 2.20. The minimum Gasteiger partial charge on any atom is -0.465 e. The normalized spacial score (nSPS) is 11.9. The first-order valence-electron chi connectivity index (χ1n) is 4.26. The van der Waals surface area contributed by atoms with E-state index < -0.39 is 17.3 Å². The molecule has 1 aromatic rings. The molecule has 0 saturated heterocycles. The predicted molar refractivity (Wildman–Crippen MR) is 58.0 cm³/mol. The quantitative estimate of drug-likeness (QED) is 0.484. The molecule has 0 fully saturated rings. The van der Waals surface area contributed by atoms with Crippen molar-refractivity contribution in [3.05, 3.63) is 29.8 Å². The van der Waals surface area contributed by atoms with Crippen LogP contribution in [0.2, 0.25) is 0 Å². The number of methoxy groups -OCH3 is 1. The maximum Gasteiger partial charge on any atom is 0.340 e. The van der Waals surface area contributed by atoms with Crippen LogP contribution >= 0.6 is 0 Å². The summed E-state index contributed by atoms with van der Waals surface area (Å²) in [4.78, 5) is 11.4. The Morgan fingerprint density at radius 2 is 2.06 bits per heavy atom. The van der Waals surface area contributed by atoms with Crippen molar-refractivity contribution in [3.8, 4) is 0 Å². The molecule has 7 heteroatoms. The van der Waals surface area contributed by atoms with E-state index in [0.717, 1.165) is 5.06 Å². The molecule has 1 atom stereocenters. The number of benzene rings is 1. The molecule has 88 valence electrons. The van der Waals surface area contributed by atoms with Crippen LogP contribution in [0.15, 0.2) is 24.3 Å². The molecule has 0 spiro atoms. The van der Waals surface area contributed by atoms with Crippen molar-refractivity contribution in [2.45, 2.75) is 0 Å². The van der Waals surface area contributed by atoms with Gasteiger partial charge in [-0.3, -0.25) is 4.55 Å². The SMILES string of the molecule is COC(=O)c1ccccc1N(C)OS(=O)O. The number of esters is 1. The number of hydrogen-bond acceptors (Lipinski definition) is 5. The first-order valence-corrected chi connectivity index (χ1v) is 5.29. The Morgan fingerprint density at radius 3 is 2.62 bits per heavy atom. The van der Waals surface area contributed by atoms with Gasteiger partial charge in [0.25, 0.3) is 0 Å². The molecule has 0 aliphatic rings. The number of carbonyl (C=O) groups excluding carboxylic acids is 1. The van der Waals surface area contributed by atoms with Crippen LogP contribution in [-0.2, 0) is 20.4 Å². The molecule has 0 aromatic heterocycles. The molecule has 1 aromatic carbocycles. The van der Waals surface area contributed by atoms with E-state index in [4.69, 9.17) is 4.55 Å². The topological polar surface area (TPSA) is 76.1 Å². The van der Waals surface area contributed by atoms with Crippen LogP contribution in [0.3, 0.4) is 0 Å². The van der Waals surface area contributed by atoms with Crippen LogP contribution in [0.1, 0.15) is 10.4 Å². The largest absolute Gasteiger partial charge is 0.465 e. The van der Waals surface area contributed by atoms with E-state index >= 15 is 0 Å². The van der Waals surface area contributed by atoms with Gasteiger partial charge in [0.1, 0.15) is 0 Å². The number of nitrogens with zero attached hydrogens (tertiary/aromatic N) is 1. The third-order valence-electron chi connectivity index (χ3n) is 1.82. The molecule has 1 rings (SSSR count). The maximum atomic E-state index is 11.4. The maximum absolute atomic E-state index is 11.4. The van der Waals surface area contributed by atoms with Gasteiger partial charge in [-0.1, -0.05) is 12.1 Å². The third-order valence-corrected chi connectivity index (χ3v) is 2.18. The summed E-state index contributed by atoms with van der Waals surface area (Å²) >= 11 is -2.45. The van der Waals surface area contributed by atoms with E-state index in [-0.39, 0.29) is 5.56 Å². The van der Waals surface area contributed by atoms with Gasteiger partial charge >= 0.3 is 17.3 Å². The highest BCUT2D eigenvalue weighted by atomic mass is 32.2. The molecule has 0 saturated carbocycles. The van der Waals surface area contributed by atoms with E-state index in [9.17, 15) is 9.00 Å². The van der Waals surface area contributed by atoms with Crippen LogP contribution in [0.4, 0.5) is 5.69 Å². The number of hydrogen-bond donors (Lipinski definition) is 1. The zero-order valence-corrected chi connectivity index (χ0v) is 9.56. The summed E-state index contributed by atoms with van der Waals surface area (Å²) in [6.07, 6.45) is 0. The second kappa shape index (κ2) is 5.59. The molecule has 0 amide bonds. The van der Waals surface area contributed by atoms with Gasteiger partial charge in [0.05, 0.1) is 18.4 Å². The van der Waals surface area contributed by atoms with Crippen LogP contribution in [0.5, 0.6) is 0 Å². The van der Waals surface area contributed by atoms with Crippen molar-refractivity contribution >= 4 is 23.0 Å². The van der Waals surface area contributed by atoms with Crippen molar-refractivity contribution in [1.82, 2.24) is 0 Å². The molecular formula is C9H11NO5S. The van der Waals surface area contributed by atoms with Crippen LogP contribution in [-0.4, -0.2) is 28.9 Å². The Hall–Kier alpha value is -1.44. The molecule has 0 aliphatic heterocycles. The summed E-state index contributed by atoms with van der Waals surface area (Å²) in [6, 6.07) is 6.42. The summed E-state index contributed by atoms with van der Waals surface area (Å²) in [5, 5.41) is 1.03. The molecule has 0 bridgehead atoms. The number of para-hydroxylation sites is 1. The molecule has 0 aliphatic carbocycles. The van der Waals surface area contributed by atoms with E-state index in [1.54, 1.807) is 18.2 Å². The molecule has 1 unspecified atom stereocenters. The summed E-state index contributed by atoms with van der Waals surface area (Å²) in [7, 11) is 2.67. The zero-order valence-electron chi connectivity index (χ0n) is 8.75. The van der Waals surface area contributed by atoms with Gasteiger partial charge in [-0.05, 0) is 12.1 Å². The van der Waals surface area contributed by atoms with E-state index in [2.05, 4.69) is 9.02 Å². The smallest absolute Gasteiger partial charge is 0.340 e. The Balaban J connectivity index is 3.03. The lowest BCUT2D eigenvalue weighted by molar-refractivity contribution is 0.0600. The second-order valence-corrected chi connectivity index (χ2v) is 3.38. The van der Waals surface area contributed by atoms with E-state index in [1.165, 1.54) is 20.2 Å². The Kier molecular flexibility index (Phi) is 4.41. The van der Waals surface area contributed by atoms with Crippen molar-refractivity contribution in [2.75, 3.05) is 19.2 Å². The van der Waals surface area contributed by atoms with Crippen molar-refractivity contribution in [1.29, 1.82) is 0 Å². The van der Waals surface area contributed by atoms with Crippen LogP contribution in [0, 0.1) is 0 Å². The van der Waals surface area contributed by atoms with E-state index in [1.807, 2.05) is 0 Å². The molecule has 6 nitrogen and oxygen atoms in total. The average molecular weight is 245 g/mol. The molecule has 16 heavy (non-hydrogen) atoms. The lowest BCUT2D eigenvalue weighted by atomic mass is 10.2. The summed E-state index contributed by atoms with van der Waals surface area (Å²) in [5.74, 6) is -0.547. The van der Waals surface area contributed by atoms with Crippen LogP contribution in [0.25, 0.3) is 0 Å². The van der Waals surface area contributed by atoms with Gasteiger partial charge in [-0.2, -0.15) is 4.21 Å². The summed E-state index contributed by atoms with van der Waals surface area (Å²) < 4.78 is 28.1. The number of ether oxygens (including phenoxy) is 1. The molecule has 0 radical (unpaired) electrons. The second-order valence-electron chi connectivity index (χ2n) is 2.80. The van der Waals surface area contributed by atoms with Gasteiger partial charge in [-0.25, -0.2) is 9.86 Å². The standard InChI is InChI=1S/C9H11NO5S/c1-10(15-16(12)13)8-6-4-3-5-7(8)9(11)14-2/h3-6H,1-2H3,(H,12,13). The fourth-order valence-corrected chi connectivity index (χ4v) is 1.44. The lowest BCUT2D eigenvalue weighted by Crippen LogP contribution is -2.21. The first-order chi connectivity index (χ1) is 7.56. The third kappa shape index (κ3) is 3.02. The number of carbonyl (C=O) groups is 1. The fourth-order valence-electron chi connectivity index (χ4n) is 1.17. The van der Waals surface area contributed by atoms with Crippen molar-refractivity contribution < 1.29 is 22.6 Å². The monoisotopic (exact) mass is 245 g/mol. The van der Waals surface area contributed by atoms with Crippen molar-refractivity contribution in [2.24, 2.45) is 0 Å². The fraction of sp³-hybridized carbons (Fsp3) is 0.222. The Bertz CT molecular complexity index is 409. The highest BCUT2D eigenvalue weighted by Gasteiger charge is 2.15. The summed E-state index contributed by atoms with van der Waals surface area (Å²) in [6.45, 7) is 0. The van der Waals surface area contributed by atoms with E-state index in [0.29, 0.717) is 5.69 Å². The minimum atomic E-state index is -2.45. The first kappa shape index (κ1) is 12.6. The minimum absolute atomic E-state index is 0.248. The molecule has 1 N–H and O–H groups in total. The van der Waals surface area contributed by atoms with Gasteiger partial charge in [0.2, 0.25) is 0 Å².